The van der Waals surface area contributed by atoms with Crippen LogP contribution in [0.25, 0.3) is 0 Å². The summed E-state index contributed by atoms with van der Waals surface area (Å²) in [6, 6.07) is 4.35. The van der Waals surface area contributed by atoms with Crippen LogP contribution in [0.1, 0.15) is 24.5 Å². The molecule has 0 radical (unpaired) electrons. The summed E-state index contributed by atoms with van der Waals surface area (Å²) in [7, 11) is 1.73. The van der Waals surface area contributed by atoms with Crippen molar-refractivity contribution in [2.75, 3.05) is 33.4 Å². The topological polar surface area (TPSA) is 30.5 Å². The molecule has 1 heterocycles. The first-order valence-electron chi connectivity index (χ1n) is 7.50. The van der Waals surface area contributed by atoms with E-state index in [4.69, 9.17) is 9.47 Å². The van der Waals surface area contributed by atoms with E-state index in [-0.39, 0.29) is 0 Å². The number of methoxy groups -OCH3 is 1. The molecule has 21 heavy (non-hydrogen) atoms. The van der Waals surface area contributed by atoms with E-state index in [1.54, 1.807) is 7.11 Å². The molecule has 0 fully saturated rings. The van der Waals surface area contributed by atoms with Crippen molar-refractivity contribution in [1.82, 2.24) is 5.32 Å². The fourth-order valence-electron chi connectivity index (χ4n) is 2.57. The SMILES string of the molecule is COCCNCC/C=C(/C)Cc1cc(Br)cc2c1OCC2. The van der Waals surface area contributed by atoms with Gasteiger partial charge in [0.05, 0.1) is 13.2 Å². The first-order valence-corrected chi connectivity index (χ1v) is 8.29. The number of nitrogens with one attached hydrogen (secondary N) is 1. The van der Waals surface area contributed by atoms with Crippen LogP contribution in [0.15, 0.2) is 28.3 Å². The fraction of sp³-hybridized carbons (Fsp3) is 0.529. The maximum Gasteiger partial charge on any atom is 0.126 e. The Labute approximate surface area is 135 Å². The largest absolute Gasteiger partial charge is 0.493 e. The molecule has 0 aromatic heterocycles. The van der Waals surface area contributed by atoms with Crippen LogP contribution in [-0.2, 0) is 17.6 Å². The average molecular weight is 354 g/mol. The van der Waals surface area contributed by atoms with E-state index in [0.717, 1.165) is 55.8 Å². The van der Waals surface area contributed by atoms with Crippen LogP contribution in [0.3, 0.4) is 0 Å². The Morgan fingerprint density at radius 1 is 1.43 bits per heavy atom. The average Bonchev–Trinajstić information content (AvgIpc) is 2.91. The van der Waals surface area contributed by atoms with Gasteiger partial charge in [-0.25, -0.2) is 0 Å². The molecule has 0 amide bonds. The third kappa shape index (κ3) is 5.13. The second kappa shape index (κ2) is 8.57. The summed E-state index contributed by atoms with van der Waals surface area (Å²) in [6.07, 6.45) is 5.34. The molecule has 1 N–H and O–H groups in total. The molecule has 0 unspecified atom stereocenters. The molecule has 2 rings (SSSR count). The van der Waals surface area contributed by atoms with E-state index in [2.05, 4.69) is 46.4 Å². The lowest BCUT2D eigenvalue weighted by Crippen LogP contribution is -2.19. The molecule has 0 saturated heterocycles. The molecule has 116 valence electrons. The second-order valence-corrected chi connectivity index (χ2v) is 6.33. The van der Waals surface area contributed by atoms with E-state index in [0.29, 0.717) is 0 Å². The number of allylic oxidation sites excluding steroid dienone is 1. The molecule has 0 spiro atoms. The second-order valence-electron chi connectivity index (χ2n) is 5.41. The third-order valence-electron chi connectivity index (χ3n) is 3.59. The molecule has 1 aliphatic heterocycles. The van der Waals surface area contributed by atoms with Crippen molar-refractivity contribution in [2.45, 2.75) is 26.2 Å². The zero-order valence-electron chi connectivity index (χ0n) is 12.9. The molecule has 0 aliphatic carbocycles. The van der Waals surface area contributed by atoms with Gasteiger partial charge in [-0.05, 0) is 49.6 Å². The summed E-state index contributed by atoms with van der Waals surface area (Å²) in [6.45, 7) is 5.68. The van der Waals surface area contributed by atoms with Crippen molar-refractivity contribution in [3.05, 3.63) is 39.4 Å². The van der Waals surface area contributed by atoms with Crippen LogP contribution < -0.4 is 10.1 Å². The first kappa shape index (κ1) is 16.5. The van der Waals surface area contributed by atoms with Gasteiger partial charge in [-0.3, -0.25) is 0 Å². The lowest BCUT2D eigenvalue weighted by Gasteiger charge is -2.10. The molecule has 1 aromatic rings. The Hall–Kier alpha value is -0.840. The smallest absolute Gasteiger partial charge is 0.126 e. The molecule has 0 atom stereocenters. The van der Waals surface area contributed by atoms with Crippen LogP contribution >= 0.6 is 15.9 Å². The third-order valence-corrected chi connectivity index (χ3v) is 4.05. The van der Waals surface area contributed by atoms with E-state index >= 15 is 0 Å². The summed E-state index contributed by atoms with van der Waals surface area (Å²) in [5.74, 6) is 1.10. The van der Waals surface area contributed by atoms with Crippen LogP contribution in [-0.4, -0.2) is 33.4 Å². The zero-order chi connectivity index (χ0) is 15.1. The fourth-order valence-corrected chi connectivity index (χ4v) is 3.12. The summed E-state index contributed by atoms with van der Waals surface area (Å²) >= 11 is 3.60. The molecular formula is C17H24BrNO2. The Balaban J connectivity index is 1.86. The number of rotatable bonds is 8. The number of benzene rings is 1. The van der Waals surface area contributed by atoms with Crippen molar-refractivity contribution in [1.29, 1.82) is 0 Å². The Kier molecular flexibility index (Phi) is 6.74. The van der Waals surface area contributed by atoms with Gasteiger partial charge in [-0.15, -0.1) is 0 Å². The van der Waals surface area contributed by atoms with E-state index in [9.17, 15) is 0 Å². The highest BCUT2D eigenvalue weighted by Gasteiger charge is 2.17. The van der Waals surface area contributed by atoms with Gasteiger partial charge in [-0.2, -0.15) is 0 Å². The van der Waals surface area contributed by atoms with Gasteiger partial charge < -0.3 is 14.8 Å². The maximum atomic E-state index is 5.78. The van der Waals surface area contributed by atoms with Crippen molar-refractivity contribution in [3.8, 4) is 5.75 Å². The van der Waals surface area contributed by atoms with Gasteiger partial charge in [0.2, 0.25) is 0 Å². The predicted molar refractivity (Wildman–Crippen MR) is 90.2 cm³/mol. The normalized spacial score (nSPS) is 14.1. The van der Waals surface area contributed by atoms with Gasteiger partial charge in [-0.1, -0.05) is 27.6 Å². The van der Waals surface area contributed by atoms with Crippen molar-refractivity contribution < 1.29 is 9.47 Å². The highest BCUT2D eigenvalue weighted by Crippen LogP contribution is 2.34. The van der Waals surface area contributed by atoms with Gasteiger partial charge in [0, 0.05) is 24.5 Å². The predicted octanol–water partition coefficient (Wildman–Crippen LogP) is 3.50. The standard InChI is InChI=1S/C17H24BrNO2/c1-13(4-3-6-19-7-9-20-2)10-15-12-16(18)11-14-5-8-21-17(14)15/h4,11-12,19H,3,5-10H2,1-2H3/b13-4-. The van der Waals surface area contributed by atoms with Crippen LogP contribution in [0, 0.1) is 0 Å². The molecular weight excluding hydrogens is 330 g/mol. The molecule has 1 aliphatic rings. The Morgan fingerprint density at radius 3 is 3.10 bits per heavy atom. The van der Waals surface area contributed by atoms with Gasteiger partial charge >= 0.3 is 0 Å². The summed E-state index contributed by atoms with van der Waals surface area (Å²) in [5.41, 5.74) is 4.01. The van der Waals surface area contributed by atoms with E-state index in [1.165, 1.54) is 16.7 Å². The first-order chi connectivity index (χ1) is 10.2. The number of hydrogen-bond acceptors (Lipinski definition) is 3. The number of hydrogen-bond donors (Lipinski definition) is 1. The molecule has 3 nitrogen and oxygen atoms in total. The summed E-state index contributed by atoms with van der Waals surface area (Å²) < 4.78 is 11.9. The number of halogens is 1. The minimum atomic E-state index is 0.768. The maximum absolute atomic E-state index is 5.78. The molecule has 1 aromatic carbocycles. The van der Waals surface area contributed by atoms with Gasteiger partial charge in [0.25, 0.3) is 0 Å². The minimum absolute atomic E-state index is 0.768. The van der Waals surface area contributed by atoms with Crippen molar-refractivity contribution in [2.24, 2.45) is 0 Å². The van der Waals surface area contributed by atoms with Crippen LogP contribution in [0.5, 0.6) is 5.75 Å². The highest BCUT2D eigenvalue weighted by atomic mass is 79.9. The molecule has 4 heteroatoms. The quantitative estimate of drug-likeness (QED) is 0.573. The van der Waals surface area contributed by atoms with Gasteiger partial charge in [0.15, 0.2) is 0 Å². The Morgan fingerprint density at radius 2 is 2.29 bits per heavy atom. The van der Waals surface area contributed by atoms with Crippen LogP contribution in [0.4, 0.5) is 0 Å². The summed E-state index contributed by atoms with van der Waals surface area (Å²) in [5, 5.41) is 3.35. The summed E-state index contributed by atoms with van der Waals surface area (Å²) in [4.78, 5) is 0. The highest BCUT2D eigenvalue weighted by molar-refractivity contribution is 9.10. The minimum Gasteiger partial charge on any atom is -0.493 e. The van der Waals surface area contributed by atoms with E-state index in [1.807, 2.05) is 0 Å². The zero-order valence-corrected chi connectivity index (χ0v) is 14.5. The van der Waals surface area contributed by atoms with Crippen molar-refractivity contribution >= 4 is 15.9 Å². The lowest BCUT2D eigenvalue weighted by atomic mass is 10.0. The van der Waals surface area contributed by atoms with Crippen LogP contribution in [0.2, 0.25) is 0 Å². The number of ether oxygens (including phenoxy) is 2. The number of fused-ring (bicyclic) bond motifs is 1. The monoisotopic (exact) mass is 353 g/mol. The van der Waals surface area contributed by atoms with Gasteiger partial charge in [0.1, 0.15) is 5.75 Å². The van der Waals surface area contributed by atoms with Crippen molar-refractivity contribution in [3.63, 3.8) is 0 Å². The lowest BCUT2D eigenvalue weighted by molar-refractivity contribution is 0.199. The Bertz CT molecular complexity index is 500. The molecule has 0 bridgehead atoms. The van der Waals surface area contributed by atoms with E-state index < -0.39 is 0 Å². The molecule has 0 saturated carbocycles.